The van der Waals surface area contributed by atoms with E-state index in [0.29, 0.717) is 17.2 Å². The molecule has 1 aliphatic rings. The SMILES string of the molecule is CCOC(=O)c1c(NC(=O)c2ccn(COc3ccc(C(C)(C)C)cc3)n2)sc2c1CCCC2. The molecule has 7 nitrogen and oxygen atoms in total. The summed E-state index contributed by atoms with van der Waals surface area (Å²) in [5, 5.41) is 7.77. The van der Waals surface area contributed by atoms with Crippen molar-refractivity contribution in [2.45, 2.75) is 65.5 Å². The first-order valence-electron chi connectivity index (χ1n) is 11.7. The predicted octanol–water partition coefficient (Wildman–Crippen LogP) is 5.59. The minimum absolute atomic E-state index is 0.0811. The Bertz CT molecular complexity index is 1170. The molecule has 4 rings (SSSR count). The molecule has 0 aliphatic heterocycles. The number of hydrogen-bond acceptors (Lipinski definition) is 6. The molecule has 0 unspecified atom stereocenters. The number of thiophene rings is 1. The number of amides is 1. The average Bonchev–Trinajstić information content (AvgIpc) is 3.42. The number of carbonyl (C=O) groups excluding carboxylic acids is 2. The number of benzene rings is 1. The monoisotopic (exact) mass is 481 g/mol. The highest BCUT2D eigenvalue weighted by Crippen LogP contribution is 2.38. The largest absolute Gasteiger partial charge is 0.471 e. The first-order valence-corrected chi connectivity index (χ1v) is 12.5. The number of hydrogen-bond donors (Lipinski definition) is 1. The molecule has 8 heteroatoms. The number of anilines is 1. The van der Waals surface area contributed by atoms with Crippen molar-refractivity contribution in [1.82, 2.24) is 9.78 Å². The van der Waals surface area contributed by atoms with Gasteiger partial charge in [0, 0.05) is 11.1 Å². The van der Waals surface area contributed by atoms with Crippen molar-refractivity contribution in [1.29, 1.82) is 0 Å². The molecule has 1 aromatic carbocycles. The highest BCUT2D eigenvalue weighted by atomic mass is 32.1. The van der Waals surface area contributed by atoms with Crippen molar-refractivity contribution in [2.24, 2.45) is 0 Å². The quantitative estimate of drug-likeness (QED) is 0.445. The number of nitrogens with one attached hydrogen (secondary N) is 1. The highest BCUT2D eigenvalue weighted by molar-refractivity contribution is 7.17. The van der Waals surface area contributed by atoms with E-state index in [-0.39, 0.29) is 29.7 Å². The molecular weight excluding hydrogens is 450 g/mol. The van der Waals surface area contributed by atoms with Crippen LogP contribution in [0.3, 0.4) is 0 Å². The van der Waals surface area contributed by atoms with Gasteiger partial charge in [0.1, 0.15) is 10.8 Å². The fourth-order valence-electron chi connectivity index (χ4n) is 3.99. The van der Waals surface area contributed by atoms with Crippen LogP contribution >= 0.6 is 11.3 Å². The van der Waals surface area contributed by atoms with Gasteiger partial charge in [-0.15, -0.1) is 11.3 Å². The van der Waals surface area contributed by atoms with Gasteiger partial charge in [0.05, 0.1) is 12.2 Å². The van der Waals surface area contributed by atoms with E-state index in [2.05, 4.69) is 43.3 Å². The minimum Gasteiger partial charge on any atom is -0.471 e. The molecule has 34 heavy (non-hydrogen) atoms. The van der Waals surface area contributed by atoms with Crippen molar-refractivity contribution < 1.29 is 19.1 Å². The van der Waals surface area contributed by atoms with Crippen LogP contribution in [0.15, 0.2) is 36.5 Å². The second-order valence-electron chi connectivity index (χ2n) is 9.38. The van der Waals surface area contributed by atoms with E-state index < -0.39 is 0 Å². The minimum atomic E-state index is -0.381. The molecule has 0 atom stereocenters. The van der Waals surface area contributed by atoms with Crippen molar-refractivity contribution in [3.8, 4) is 5.75 Å². The number of carbonyl (C=O) groups is 2. The molecule has 0 saturated carbocycles. The Morgan fingerprint density at radius 1 is 1.12 bits per heavy atom. The van der Waals surface area contributed by atoms with E-state index in [1.165, 1.54) is 16.9 Å². The molecular formula is C26H31N3O4S. The topological polar surface area (TPSA) is 82.5 Å². The smallest absolute Gasteiger partial charge is 0.341 e. The summed E-state index contributed by atoms with van der Waals surface area (Å²) in [6.07, 6.45) is 5.58. The number of ether oxygens (including phenoxy) is 2. The number of esters is 1. The molecule has 180 valence electrons. The first-order chi connectivity index (χ1) is 16.3. The Labute approximate surface area is 204 Å². The molecule has 0 saturated heterocycles. The third kappa shape index (κ3) is 5.33. The van der Waals surface area contributed by atoms with Crippen LogP contribution < -0.4 is 10.1 Å². The van der Waals surface area contributed by atoms with Gasteiger partial charge in [0.2, 0.25) is 0 Å². The summed E-state index contributed by atoms with van der Waals surface area (Å²) in [6.45, 7) is 8.76. The number of aryl methyl sites for hydroxylation is 1. The molecule has 3 aromatic rings. The van der Waals surface area contributed by atoms with E-state index in [4.69, 9.17) is 9.47 Å². The Hall–Kier alpha value is -3.13. The third-order valence-electron chi connectivity index (χ3n) is 5.84. The van der Waals surface area contributed by atoms with Crippen LogP contribution in [0.2, 0.25) is 0 Å². The lowest BCUT2D eigenvalue weighted by Crippen LogP contribution is -2.17. The number of rotatable bonds is 7. The fraction of sp³-hybridized carbons (Fsp3) is 0.423. The Kier molecular flexibility index (Phi) is 7.07. The van der Waals surface area contributed by atoms with Gasteiger partial charge in [-0.25, -0.2) is 9.48 Å². The molecule has 1 amide bonds. The molecule has 0 fully saturated rings. The number of nitrogens with zero attached hydrogens (tertiary/aromatic N) is 2. The summed E-state index contributed by atoms with van der Waals surface area (Å²) in [5.41, 5.74) is 3.08. The molecule has 0 bridgehead atoms. The van der Waals surface area contributed by atoms with E-state index in [1.54, 1.807) is 23.9 Å². The molecule has 2 aromatic heterocycles. The second-order valence-corrected chi connectivity index (χ2v) is 10.5. The van der Waals surface area contributed by atoms with Crippen LogP contribution in [0.25, 0.3) is 0 Å². The lowest BCUT2D eigenvalue weighted by atomic mass is 9.87. The van der Waals surface area contributed by atoms with Crippen molar-refractivity contribution >= 4 is 28.2 Å². The van der Waals surface area contributed by atoms with Gasteiger partial charge in [-0.05, 0) is 67.3 Å². The summed E-state index contributed by atoms with van der Waals surface area (Å²) in [5.74, 6) is -0.0104. The molecule has 1 N–H and O–H groups in total. The maximum absolute atomic E-state index is 12.9. The van der Waals surface area contributed by atoms with Crippen LogP contribution in [0.5, 0.6) is 5.75 Å². The van der Waals surface area contributed by atoms with Gasteiger partial charge in [0.25, 0.3) is 5.91 Å². The van der Waals surface area contributed by atoms with E-state index in [9.17, 15) is 9.59 Å². The highest BCUT2D eigenvalue weighted by Gasteiger charge is 2.27. The summed E-state index contributed by atoms with van der Waals surface area (Å²) in [6, 6.07) is 9.62. The van der Waals surface area contributed by atoms with E-state index >= 15 is 0 Å². The van der Waals surface area contributed by atoms with Crippen LogP contribution in [0.4, 0.5) is 5.00 Å². The van der Waals surface area contributed by atoms with E-state index in [0.717, 1.165) is 41.9 Å². The van der Waals surface area contributed by atoms with Gasteiger partial charge in [-0.3, -0.25) is 4.79 Å². The Balaban J connectivity index is 1.43. The van der Waals surface area contributed by atoms with Crippen molar-refractivity contribution in [3.05, 3.63) is 63.8 Å². The second kappa shape index (κ2) is 10.0. The molecule has 0 radical (unpaired) electrons. The Morgan fingerprint density at radius 2 is 1.85 bits per heavy atom. The molecule has 0 spiro atoms. The summed E-state index contributed by atoms with van der Waals surface area (Å²) < 4.78 is 12.6. The zero-order chi connectivity index (χ0) is 24.3. The summed E-state index contributed by atoms with van der Waals surface area (Å²) >= 11 is 1.46. The summed E-state index contributed by atoms with van der Waals surface area (Å²) in [7, 11) is 0. The van der Waals surface area contributed by atoms with E-state index in [1.807, 2.05) is 12.1 Å². The average molecular weight is 482 g/mol. The maximum atomic E-state index is 12.9. The van der Waals surface area contributed by atoms with Crippen LogP contribution in [0.1, 0.15) is 77.4 Å². The van der Waals surface area contributed by atoms with Crippen molar-refractivity contribution in [3.63, 3.8) is 0 Å². The lowest BCUT2D eigenvalue weighted by molar-refractivity contribution is 0.0526. The third-order valence-corrected chi connectivity index (χ3v) is 7.04. The number of fused-ring (bicyclic) bond motifs is 1. The standard InChI is InChI=1S/C26H31N3O4S/c1-5-32-25(31)22-19-8-6-7-9-21(19)34-24(22)27-23(30)20-14-15-29(28-20)16-33-18-12-10-17(11-13-18)26(2,3)4/h10-15H,5-9,16H2,1-4H3,(H,27,30). The lowest BCUT2D eigenvalue weighted by Gasteiger charge is -2.19. The number of aromatic nitrogens is 2. The zero-order valence-corrected chi connectivity index (χ0v) is 21.0. The molecule has 1 aliphatic carbocycles. The maximum Gasteiger partial charge on any atom is 0.341 e. The van der Waals surface area contributed by atoms with Gasteiger partial charge in [-0.2, -0.15) is 5.10 Å². The van der Waals surface area contributed by atoms with Crippen LogP contribution in [0, 0.1) is 0 Å². The van der Waals surface area contributed by atoms with Gasteiger partial charge in [-0.1, -0.05) is 32.9 Å². The van der Waals surface area contributed by atoms with Crippen molar-refractivity contribution in [2.75, 3.05) is 11.9 Å². The predicted molar refractivity (Wildman–Crippen MR) is 133 cm³/mol. The first kappa shape index (κ1) is 24.0. The van der Waals surface area contributed by atoms with Gasteiger partial charge < -0.3 is 14.8 Å². The van der Waals surface area contributed by atoms with Crippen LogP contribution in [-0.4, -0.2) is 28.3 Å². The summed E-state index contributed by atoms with van der Waals surface area (Å²) in [4.78, 5) is 26.7. The van der Waals surface area contributed by atoms with Gasteiger partial charge >= 0.3 is 5.97 Å². The Morgan fingerprint density at radius 3 is 2.56 bits per heavy atom. The van der Waals surface area contributed by atoms with Crippen LogP contribution in [-0.2, 0) is 29.7 Å². The van der Waals surface area contributed by atoms with Gasteiger partial charge in [0.15, 0.2) is 12.4 Å². The zero-order valence-electron chi connectivity index (χ0n) is 20.1. The fourth-order valence-corrected chi connectivity index (χ4v) is 5.26. The molecule has 2 heterocycles. The normalized spacial score (nSPS) is 13.3.